The van der Waals surface area contributed by atoms with E-state index in [4.69, 9.17) is 23.7 Å². The Hall–Kier alpha value is -1.49. The molecular formula is C32H50O13. The first-order valence-electron chi connectivity index (χ1n) is 16.1. The summed E-state index contributed by atoms with van der Waals surface area (Å²) in [5, 5.41) is 72.2. The normalized spacial score (nSPS) is 47.3. The number of hydrogen-bond acceptors (Lipinski definition) is 13. The van der Waals surface area contributed by atoms with Crippen molar-refractivity contribution in [3.8, 4) is 0 Å². The summed E-state index contributed by atoms with van der Waals surface area (Å²) < 4.78 is 28.2. The predicted molar refractivity (Wildman–Crippen MR) is 156 cm³/mol. The van der Waals surface area contributed by atoms with Crippen molar-refractivity contribution in [2.24, 2.45) is 22.7 Å². The number of hydrogen-bond donors (Lipinski definition) is 7. The van der Waals surface area contributed by atoms with Crippen LogP contribution in [0.15, 0.2) is 23.8 Å². The van der Waals surface area contributed by atoms with Gasteiger partial charge in [0.25, 0.3) is 0 Å². The number of rotatable bonds is 10. The molecule has 2 saturated heterocycles. The van der Waals surface area contributed by atoms with Gasteiger partial charge in [-0.15, -0.1) is 0 Å². The van der Waals surface area contributed by atoms with E-state index < -0.39 is 74.6 Å². The van der Waals surface area contributed by atoms with Crippen molar-refractivity contribution in [1.29, 1.82) is 0 Å². The average Bonchev–Trinajstić information content (AvgIpc) is 3.43. The molecule has 5 aliphatic rings. The first kappa shape index (κ1) is 34.8. The summed E-state index contributed by atoms with van der Waals surface area (Å²) in [6.07, 6.45) is -6.91. The monoisotopic (exact) mass is 642 g/mol. The SMILES string of the molecule is C=C1CCC2C(C)(COC3OC(CO)C(OC4OC(CO)C(O)C(O)C4O)C(O)C3O)CCCC2(C)C1CCC1=CC(=O)OC1. The maximum Gasteiger partial charge on any atom is 0.331 e. The summed E-state index contributed by atoms with van der Waals surface area (Å²) in [4.78, 5) is 11.6. The second-order valence-electron chi connectivity index (χ2n) is 14.1. The van der Waals surface area contributed by atoms with Gasteiger partial charge in [-0.3, -0.25) is 0 Å². The number of fused-ring (bicyclic) bond motifs is 1. The number of ether oxygens (including phenoxy) is 5. The van der Waals surface area contributed by atoms with E-state index in [2.05, 4.69) is 20.4 Å². The van der Waals surface area contributed by atoms with E-state index in [9.17, 15) is 40.5 Å². The van der Waals surface area contributed by atoms with Gasteiger partial charge in [-0.2, -0.15) is 0 Å². The van der Waals surface area contributed by atoms with Crippen molar-refractivity contribution in [1.82, 2.24) is 0 Å². The van der Waals surface area contributed by atoms with Crippen molar-refractivity contribution >= 4 is 5.97 Å². The zero-order valence-corrected chi connectivity index (χ0v) is 26.1. The molecule has 2 saturated carbocycles. The van der Waals surface area contributed by atoms with E-state index in [0.717, 1.165) is 50.5 Å². The number of carbonyl (C=O) groups is 1. The number of aliphatic hydroxyl groups is 7. The Morgan fingerprint density at radius 1 is 0.933 bits per heavy atom. The van der Waals surface area contributed by atoms with E-state index in [1.807, 2.05) is 0 Å². The molecular weight excluding hydrogens is 592 g/mol. The van der Waals surface area contributed by atoms with Gasteiger partial charge >= 0.3 is 5.97 Å². The van der Waals surface area contributed by atoms with Crippen LogP contribution in [0.5, 0.6) is 0 Å². The van der Waals surface area contributed by atoms with Crippen molar-refractivity contribution in [3.63, 3.8) is 0 Å². The highest BCUT2D eigenvalue weighted by atomic mass is 16.7. The van der Waals surface area contributed by atoms with Crippen molar-refractivity contribution in [2.45, 2.75) is 120 Å². The summed E-state index contributed by atoms with van der Waals surface area (Å²) in [6, 6.07) is 0. The van der Waals surface area contributed by atoms with Crippen LogP contribution in [0.1, 0.15) is 58.8 Å². The molecule has 0 spiro atoms. The Labute approximate surface area is 263 Å². The smallest absolute Gasteiger partial charge is 0.331 e. The number of carbonyl (C=O) groups excluding carboxylic acids is 1. The predicted octanol–water partition coefficient (Wildman–Crippen LogP) is -0.331. The van der Waals surface area contributed by atoms with Crippen LogP contribution in [-0.2, 0) is 28.5 Å². The molecule has 0 aromatic rings. The van der Waals surface area contributed by atoms with Gasteiger partial charge in [0, 0.05) is 6.08 Å². The fourth-order valence-corrected chi connectivity index (χ4v) is 8.64. The fraction of sp³-hybridized carbons (Fsp3) is 0.844. The van der Waals surface area contributed by atoms with Crippen molar-refractivity contribution in [2.75, 3.05) is 26.4 Å². The highest BCUT2D eigenvalue weighted by molar-refractivity contribution is 5.85. The van der Waals surface area contributed by atoms with Crippen LogP contribution in [0, 0.1) is 22.7 Å². The molecule has 0 aromatic carbocycles. The van der Waals surface area contributed by atoms with Crippen LogP contribution in [-0.4, -0.2) is 130 Å². The fourth-order valence-electron chi connectivity index (χ4n) is 8.64. The topological polar surface area (TPSA) is 205 Å². The molecule has 3 heterocycles. The molecule has 45 heavy (non-hydrogen) atoms. The molecule has 256 valence electrons. The second kappa shape index (κ2) is 13.9. The van der Waals surface area contributed by atoms with E-state index in [0.29, 0.717) is 6.61 Å². The molecule has 0 amide bonds. The van der Waals surface area contributed by atoms with E-state index in [-0.39, 0.29) is 35.2 Å². The molecule has 3 aliphatic heterocycles. The Kier molecular flexibility index (Phi) is 10.8. The van der Waals surface area contributed by atoms with Crippen LogP contribution < -0.4 is 0 Å². The molecule has 2 aliphatic carbocycles. The number of esters is 1. The summed E-state index contributed by atoms with van der Waals surface area (Å²) in [5.74, 6) is 0.266. The van der Waals surface area contributed by atoms with E-state index >= 15 is 0 Å². The lowest BCUT2D eigenvalue weighted by atomic mass is 9.47. The molecule has 4 fully saturated rings. The van der Waals surface area contributed by atoms with E-state index in [1.165, 1.54) is 5.57 Å². The van der Waals surface area contributed by atoms with Crippen LogP contribution in [0.2, 0.25) is 0 Å². The summed E-state index contributed by atoms with van der Waals surface area (Å²) in [6.45, 7) is 8.25. The molecule has 13 heteroatoms. The van der Waals surface area contributed by atoms with Crippen molar-refractivity contribution in [3.05, 3.63) is 23.8 Å². The summed E-state index contributed by atoms with van der Waals surface area (Å²) in [5.41, 5.74) is 1.92. The van der Waals surface area contributed by atoms with Gasteiger partial charge in [-0.05, 0) is 66.8 Å². The van der Waals surface area contributed by atoms with Crippen LogP contribution in [0.25, 0.3) is 0 Å². The molecule has 14 atom stereocenters. The van der Waals surface area contributed by atoms with E-state index in [1.54, 1.807) is 6.08 Å². The highest BCUT2D eigenvalue weighted by Gasteiger charge is 2.56. The third kappa shape index (κ3) is 6.77. The van der Waals surface area contributed by atoms with Crippen LogP contribution in [0.4, 0.5) is 0 Å². The first-order valence-corrected chi connectivity index (χ1v) is 16.1. The Morgan fingerprint density at radius 3 is 2.29 bits per heavy atom. The van der Waals surface area contributed by atoms with Crippen LogP contribution >= 0.6 is 0 Å². The lowest BCUT2D eigenvalue weighted by Crippen LogP contribution is -2.65. The number of allylic oxidation sites excluding steroid dienone is 1. The quantitative estimate of drug-likeness (QED) is 0.121. The summed E-state index contributed by atoms with van der Waals surface area (Å²) >= 11 is 0. The maximum absolute atomic E-state index is 11.6. The lowest BCUT2D eigenvalue weighted by Gasteiger charge is -2.59. The number of cyclic esters (lactones) is 1. The molecule has 0 radical (unpaired) electrons. The lowest BCUT2D eigenvalue weighted by molar-refractivity contribution is -0.361. The summed E-state index contributed by atoms with van der Waals surface area (Å²) in [7, 11) is 0. The van der Waals surface area contributed by atoms with Gasteiger partial charge in [-0.1, -0.05) is 32.4 Å². The Bertz CT molecular complexity index is 1090. The highest BCUT2D eigenvalue weighted by Crippen LogP contribution is 2.62. The minimum absolute atomic E-state index is 0.0424. The largest absolute Gasteiger partial charge is 0.458 e. The van der Waals surface area contributed by atoms with Gasteiger partial charge in [0.2, 0.25) is 0 Å². The zero-order chi connectivity index (χ0) is 32.7. The Morgan fingerprint density at radius 2 is 1.62 bits per heavy atom. The molecule has 14 unspecified atom stereocenters. The minimum atomic E-state index is -1.73. The third-order valence-corrected chi connectivity index (χ3v) is 11.2. The molecule has 7 N–H and O–H groups in total. The van der Waals surface area contributed by atoms with Gasteiger partial charge in [-0.25, -0.2) is 4.79 Å². The van der Waals surface area contributed by atoms with Crippen LogP contribution in [0.3, 0.4) is 0 Å². The molecule has 13 nitrogen and oxygen atoms in total. The third-order valence-electron chi connectivity index (χ3n) is 11.2. The average molecular weight is 643 g/mol. The molecule has 5 rings (SSSR count). The molecule has 0 bridgehead atoms. The first-order chi connectivity index (χ1) is 21.3. The standard InChI is InChI=1S/C32H50O13/c1-16-5-8-21-31(2,9-4-10-32(21,3)18(16)7-6-17-11-22(35)41-14-17)15-42-29-27(40)25(38)28(20(13-34)44-29)45-30-26(39)24(37)23(36)19(12-33)43-30/h11,18-21,23-30,33-34,36-40H,1,4-10,12-15H2,2-3H3. The maximum atomic E-state index is 11.6. The van der Waals surface area contributed by atoms with Gasteiger partial charge < -0.3 is 59.4 Å². The van der Waals surface area contributed by atoms with Crippen molar-refractivity contribution < 1.29 is 64.2 Å². The number of aliphatic hydroxyl groups excluding tert-OH is 7. The van der Waals surface area contributed by atoms with Gasteiger partial charge in [0.15, 0.2) is 12.6 Å². The molecule has 0 aromatic heterocycles. The Balaban J connectivity index is 1.24. The van der Waals surface area contributed by atoms with Gasteiger partial charge in [0.05, 0.1) is 19.8 Å². The van der Waals surface area contributed by atoms with Gasteiger partial charge in [0.1, 0.15) is 55.4 Å². The second-order valence-corrected chi connectivity index (χ2v) is 14.1. The zero-order valence-electron chi connectivity index (χ0n) is 26.1. The minimum Gasteiger partial charge on any atom is -0.458 e.